The highest BCUT2D eigenvalue weighted by atomic mass is 127. The number of carbonyl (C=O) groups excluding carboxylic acids is 1. The van der Waals surface area contributed by atoms with Crippen LogP contribution in [0.3, 0.4) is 0 Å². The molecule has 1 aromatic carbocycles. The number of hydrogen-bond acceptors (Lipinski definition) is 3. The highest BCUT2D eigenvalue weighted by Crippen LogP contribution is 2.15. The maximum Gasteiger partial charge on any atom is 0.224 e. The Kier molecular flexibility index (Phi) is 11.1. The van der Waals surface area contributed by atoms with E-state index < -0.39 is 0 Å². The maximum atomic E-state index is 12.4. The van der Waals surface area contributed by atoms with Gasteiger partial charge in [-0.15, -0.1) is 24.0 Å². The average molecular weight is 473 g/mol. The highest BCUT2D eigenvalue weighted by molar-refractivity contribution is 14.0. The molecular weight excluding hydrogens is 441 g/mol. The van der Waals surface area contributed by atoms with Gasteiger partial charge in [-0.2, -0.15) is 0 Å². The molecule has 2 rings (SSSR count). The third kappa shape index (κ3) is 7.39. The quantitative estimate of drug-likeness (QED) is 0.276. The van der Waals surface area contributed by atoms with Crippen molar-refractivity contribution in [1.82, 2.24) is 15.5 Å². The van der Waals surface area contributed by atoms with Crippen LogP contribution in [0.4, 0.5) is 5.69 Å². The van der Waals surface area contributed by atoms with Gasteiger partial charge >= 0.3 is 0 Å². The lowest BCUT2D eigenvalue weighted by Crippen LogP contribution is -2.49. The van der Waals surface area contributed by atoms with E-state index in [1.165, 1.54) is 5.69 Å². The van der Waals surface area contributed by atoms with Crippen LogP contribution in [0.15, 0.2) is 35.3 Å². The van der Waals surface area contributed by atoms with Crippen molar-refractivity contribution < 1.29 is 4.79 Å². The zero-order valence-corrected chi connectivity index (χ0v) is 18.2. The molecular formula is C19H32IN5O. The number of carbonyl (C=O) groups is 1. The van der Waals surface area contributed by atoms with Gasteiger partial charge in [0.1, 0.15) is 0 Å². The summed E-state index contributed by atoms with van der Waals surface area (Å²) >= 11 is 0. The molecule has 146 valence electrons. The number of unbranched alkanes of at least 4 members (excludes halogenated alkanes) is 1. The number of amides is 1. The molecule has 0 unspecified atom stereocenters. The molecule has 0 saturated carbocycles. The van der Waals surface area contributed by atoms with E-state index in [9.17, 15) is 4.79 Å². The van der Waals surface area contributed by atoms with Gasteiger partial charge in [0.25, 0.3) is 0 Å². The molecule has 1 saturated heterocycles. The van der Waals surface area contributed by atoms with E-state index in [2.05, 4.69) is 51.7 Å². The van der Waals surface area contributed by atoms with Gasteiger partial charge in [0, 0.05) is 58.4 Å². The second kappa shape index (κ2) is 12.8. The number of aliphatic imine (C=N–C) groups is 1. The van der Waals surface area contributed by atoms with E-state index in [1.807, 2.05) is 11.0 Å². The van der Waals surface area contributed by atoms with Crippen molar-refractivity contribution in [3.8, 4) is 0 Å². The molecule has 0 atom stereocenters. The summed E-state index contributed by atoms with van der Waals surface area (Å²) in [6, 6.07) is 10.4. The predicted molar refractivity (Wildman–Crippen MR) is 120 cm³/mol. The molecule has 1 aliphatic rings. The minimum absolute atomic E-state index is 0. The maximum absolute atomic E-state index is 12.4. The van der Waals surface area contributed by atoms with Gasteiger partial charge in [0.05, 0.1) is 0 Å². The van der Waals surface area contributed by atoms with Crippen LogP contribution in [0.5, 0.6) is 0 Å². The number of hydrogen-bond donors (Lipinski definition) is 2. The Labute approximate surface area is 174 Å². The number of benzene rings is 1. The smallest absolute Gasteiger partial charge is 0.224 e. The molecule has 1 fully saturated rings. The van der Waals surface area contributed by atoms with Crippen molar-refractivity contribution in [2.45, 2.75) is 26.2 Å². The molecule has 1 amide bonds. The lowest BCUT2D eigenvalue weighted by Gasteiger charge is -2.36. The third-order valence-electron chi connectivity index (χ3n) is 4.43. The first kappa shape index (κ1) is 22.5. The fourth-order valence-electron chi connectivity index (χ4n) is 2.90. The lowest BCUT2D eigenvalue weighted by atomic mass is 10.2. The molecule has 1 aromatic rings. The summed E-state index contributed by atoms with van der Waals surface area (Å²) in [7, 11) is 1.76. The average Bonchev–Trinajstić information content (AvgIpc) is 2.67. The van der Waals surface area contributed by atoms with Gasteiger partial charge in [-0.05, 0) is 18.6 Å². The molecule has 1 heterocycles. The summed E-state index contributed by atoms with van der Waals surface area (Å²) in [5, 5.41) is 6.47. The lowest BCUT2D eigenvalue weighted by molar-refractivity contribution is -0.131. The first-order chi connectivity index (χ1) is 12.2. The molecule has 6 nitrogen and oxygen atoms in total. The minimum Gasteiger partial charge on any atom is -0.368 e. The Morgan fingerprint density at radius 1 is 1.08 bits per heavy atom. The van der Waals surface area contributed by atoms with Gasteiger partial charge in [-0.25, -0.2) is 0 Å². The normalized spacial score (nSPS) is 14.6. The number of piperazine rings is 1. The first-order valence-electron chi connectivity index (χ1n) is 9.27. The Balaban J connectivity index is 0.00000338. The number of guanidine groups is 1. The Morgan fingerprint density at radius 2 is 1.73 bits per heavy atom. The van der Waals surface area contributed by atoms with E-state index in [1.54, 1.807) is 7.05 Å². The van der Waals surface area contributed by atoms with Gasteiger partial charge < -0.3 is 20.4 Å². The molecule has 0 bridgehead atoms. The SMILES string of the molecule is CCCCNC(=NC)NCCC(=O)N1CCN(c2ccccc2)CC1.I. The first-order valence-corrected chi connectivity index (χ1v) is 9.27. The Hall–Kier alpha value is -1.51. The summed E-state index contributed by atoms with van der Waals surface area (Å²) in [6.07, 6.45) is 2.77. The third-order valence-corrected chi connectivity index (χ3v) is 4.43. The number of halogens is 1. The highest BCUT2D eigenvalue weighted by Gasteiger charge is 2.20. The fourth-order valence-corrected chi connectivity index (χ4v) is 2.90. The summed E-state index contributed by atoms with van der Waals surface area (Å²) < 4.78 is 0. The summed E-state index contributed by atoms with van der Waals surface area (Å²) in [5.74, 6) is 0.986. The van der Waals surface area contributed by atoms with E-state index in [0.717, 1.165) is 51.5 Å². The van der Waals surface area contributed by atoms with Crippen molar-refractivity contribution in [3.05, 3.63) is 30.3 Å². The fraction of sp³-hybridized carbons (Fsp3) is 0.579. The second-order valence-corrected chi connectivity index (χ2v) is 6.23. The Morgan fingerprint density at radius 3 is 2.35 bits per heavy atom. The number of anilines is 1. The molecule has 0 radical (unpaired) electrons. The van der Waals surface area contributed by atoms with Crippen molar-refractivity contribution in [2.24, 2.45) is 4.99 Å². The van der Waals surface area contributed by atoms with E-state index in [-0.39, 0.29) is 29.9 Å². The number of nitrogens with zero attached hydrogens (tertiary/aromatic N) is 3. The molecule has 7 heteroatoms. The molecule has 1 aliphatic heterocycles. The van der Waals surface area contributed by atoms with Crippen molar-refractivity contribution >= 4 is 41.5 Å². The molecule has 2 N–H and O–H groups in total. The summed E-state index contributed by atoms with van der Waals surface area (Å²) in [6.45, 7) is 7.05. The van der Waals surface area contributed by atoms with Crippen LogP contribution < -0.4 is 15.5 Å². The van der Waals surface area contributed by atoms with Crippen molar-refractivity contribution in [3.63, 3.8) is 0 Å². The Bertz CT molecular complexity index is 544. The van der Waals surface area contributed by atoms with Crippen LogP contribution in [0.25, 0.3) is 0 Å². The van der Waals surface area contributed by atoms with Gasteiger partial charge in [-0.1, -0.05) is 31.5 Å². The van der Waals surface area contributed by atoms with E-state index >= 15 is 0 Å². The minimum atomic E-state index is 0. The van der Waals surface area contributed by atoms with Crippen LogP contribution >= 0.6 is 24.0 Å². The zero-order chi connectivity index (χ0) is 17.9. The van der Waals surface area contributed by atoms with Crippen LogP contribution in [-0.2, 0) is 4.79 Å². The topological polar surface area (TPSA) is 60.0 Å². The zero-order valence-electron chi connectivity index (χ0n) is 15.9. The molecule has 0 aromatic heterocycles. The number of nitrogens with one attached hydrogen (secondary N) is 2. The number of para-hydroxylation sites is 1. The monoisotopic (exact) mass is 473 g/mol. The predicted octanol–water partition coefficient (Wildman–Crippen LogP) is 2.31. The van der Waals surface area contributed by atoms with Crippen molar-refractivity contribution in [2.75, 3.05) is 51.2 Å². The summed E-state index contributed by atoms with van der Waals surface area (Å²) in [5.41, 5.74) is 1.23. The molecule has 0 aliphatic carbocycles. The van der Waals surface area contributed by atoms with Gasteiger partial charge in [0.2, 0.25) is 5.91 Å². The summed E-state index contributed by atoms with van der Waals surface area (Å²) in [4.78, 5) is 20.9. The number of rotatable bonds is 7. The van der Waals surface area contributed by atoms with E-state index in [0.29, 0.717) is 13.0 Å². The second-order valence-electron chi connectivity index (χ2n) is 6.23. The largest absolute Gasteiger partial charge is 0.368 e. The van der Waals surface area contributed by atoms with Crippen LogP contribution in [0.1, 0.15) is 26.2 Å². The van der Waals surface area contributed by atoms with Crippen LogP contribution in [0, 0.1) is 0 Å². The van der Waals surface area contributed by atoms with E-state index in [4.69, 9.17) is 0 Å². The van der Waals surface area contributed by atoms with Gasteiger partial charge in [-0.3, -0.25) is 9.79 Å². The van der Waals surface area contributed by atoms with Gasteiger partial charge in [0.15, 0.2) is 5.96 Å². The van der Waals surface area contributed by atoms with Crippen LogP contribution in [0.2, 0.25) is 0 Å². The van der Waals surface area contributed by atoms with Crippen LogP contribution in [-0.4, -0.2) is 63.1 Å². The van der Waals surface area contributed by atoms with Crippen molar-refractivity contribution in [1.29, 1.82) is 0 Å². The standard InChI is InChI=1S/C19H31N5O.HI/c1-3-4-11-21-19(20-2)22-12-10-18(25)24-15-13-23(14-16-24)17-8-6-5-7-9-17;/h5-9H,3-4,10-16H2,1-2H3,(H2,20,21,22);1H. The molecule has 0 spiro atoms. The molecule has 26 heavy (non-hydrogen) atoms.